The SMILES string of the molecule is COCCN(CCO)S(=O)(=O)c1cc(Cl)ccc1N. The molecule has 0 saturated heterocycles. The van der Waals surface area contributed by atoms with Gasteiger partial charge in [-0.05, 0) is 18.2 Å². The number of rotatable bonds is 7. The van der Waals surface area contributed by atoms with Crippen LogP contribution < -0.4 is 5.73 Å². The first-order chi connectivity index (χ1) is 8.93. The molecule has 1 rings (SSSR count). The van der Waals surface area contributed by atoms with Crippen LogP contribution in [0.1, 0.15) is 0 Å². The molecule has 0 radical (unpaired) electrons. The van der Waals surface area contributed by atoms with Crippen molar-refractivity contribution in [2.75, 3.05) is 39.1 Å². The topological polar surface area (TPSA) is 92.9 Å². The summed E-state index contributed by atoms with van der Waals surface area (Å²) in [5, 5.41) is 9.25. The second-order valence-electron chi connectivity index (χ2n) is 3.80. The molecule has 0 saturated carbocycles. The minimum Gasteiger partial charge on any atom is -0.398 e. The van der Waals surface area contributed by atoms with Crippen LogP contribution in [0.4, 0.5) is 5.69 Å². The highest BCUT2D eigenvalue weighted by Crippen LogP contribution is 2.25. The molecule has 0 atom stereocenters. The summed E-state index contributed by atoms with van der Waals surface area (Å²) in [4.78, 5) is -0.0652. The number of anilines is 1. The van der Waals surface area contributed by atoms with E-state index < -0.39 is 10.0 Å². The summed E-state index contributed by atoms with van der Waals surface area (Å²) in [5.74, 6) is 0. The summed E-state index contributed by atoms with van der Waals surface area (Å²) in [6.45, 7) is 0.0338. The zero-order valence-corrected chi connectivity index (χ0v) is 12.1. The van der Waals surface area contributed by atoms with Gasteiger partial charge in [0.25, 0.3) is 0 Å². The summed E-state index contributed by atoms with van der Waals surface area (Å²) in [5.41, 5.74) is 5.80. The van der Waals surface area contributed by atoms with E-state index in [9.17, 15) is 8.42 Å². The van der Waals surface area contributed by atoms with Gasteiger partial charge in [-0.3, -0.25) is 0 Å². The molecular formula is C11H17ClN2O4S. The Kier molecular flexibility index (Phi) is 6.02. The molecule has 6 nitrogen and oxygen atoms in total. The molecule has 0 unspecified atom stereocenters. The normalized spacial score (nSPS) is 12.0. The van der Waals surface area contributed by atoms with E-state index >= 15 is 0 Å². The number of nitrogens with two attached hydrogens (primary N) is 1. The molecule has 0 spiro atoms. The molecule has 3 N–H and O–H groups in total. The molecule has 0 heterocycles. The predicted octanol–water partition coefficient (Wildman–Crippen LogP) is 0.552. The van der Waals surface area contributed by atoms with Gasteiger partial charge < -0.3 is 15.6 Å². The average Bonchev–Trinajstić information content (AvgIpc) is 2.37. The molecule has 0 aliphatic heterocycles. The van der Waals surface area contributed by atoms with Crippen molar-refractivity contribution in [1.82, 2.24) is 4.31 Å². The number of hydrogen-bond acceptors (Lipinski definition) is 5. The molecule has 0 fully saturated rings. The molecule has 0 amide bonds. The monoisotopic (exact) mass is 308 g/mol. The van der Waals surface area contributed by atoms with Crippen LogP contribution in [0.5, 0.6) is 0 Å². The maximum Gasteiger partial charge on any atom is 0.245 e. The van der Waals surface area contributed by atoms with Crippen molar-refractivity contribution in [1.29, 1.82) is 0 Å². The number of sulfonamides is 1. The lowest BCUT2D eigenvalue weighted by Crippen LogP contribution is -2.36. The largest absolute Gasteiger partial charge is 0.398 e. The standard InChI is InChI=1S/C11H17ClN2O4S/c1-18-7-5-14(4-6-15)19(16,17)11-8-9(12)2-3-10(11)13/h2-3,8,15H,4-7,13H2,1H3. The van der Waals surface area contributed by atoms with Gasteiger partial charge in [0.15, 0.2) is 0 Å². The first-order valence-corrected chi connectivity index (χ1v) is 7.40. The summed E-state index contributed by atoms with van der Waals surface area (Å²) < 4.78 is 30.8. The molecular weight excluding hydrogens is 292 g/mol. The fourth-order valence-corrected chi connectivity index (χ4v) is 3.32. The molecule has 1 aromatic rings. The highest BCUT2D eigenvalue weighted by molar-refractivity contribution is 7.89. The Balaban J connectivity index is 3.14. The second-order valence-corrected chi connectivity index (χ2v) is 6.15. The predicted molar refractivity (Wildman–Crippen MR) is 73.6 cm³/mol. The first kappa shape index (κ1) is 16.2. The van der Waals surface area contributed by atoms with E-state index in [1.807, 2.05) is 0 Å². The van der Waals surface area contributed by atoms with E-state index in [-0.39, 0.29) is 41.9 Å². The lowest BCUT2D eigenvalue weighted by molar-refractivity contribution is 0.168. The minimum atomic E-state index is -3.80. The molecule has 0 bridgehead atoms. The average molecular weight is 309 g/mol. The Labute approximate surface area is 117 Å². The van der Waals surface area contributed by atoms with Crippen LogP contribution in [0, 0.1) is 0 Å². The third-order valence-corrected chi connectivity index (χ3v) is 4.68. The van der Waals surface area contributed by atoms with Crippen LogP contribution >= 0.6 is 11.6 Å². The van der Waals surface area contributed by atoms with Crippen LogP contribution in [0.25, 0.3) is 0 Å². The summed E-state index contributed by atoms with van der Waals surface area (Å²) in [6, 6.07) is 4.24. The maximum atomic E-state index is 12.4. The zero-order chi connectivity index (χ0) is 14.5. The van der Waals surface area contributed by atoms with Gasteiger partial charge in [-0.2, -0.15) is 4.31 Å². The Morgan fingerprint density at radius 1 is 1.42 bits per heavy atom. The summed E-state index contributed by atoms with van der Waals surface area (Å²) in [6.07, 6.45) is 0. The highest BCUT2D eigenvalue weighted by atomic mass is 35.5. The van der Waals surface area contributed by atoms with Crippen molar-refractivity contribution in [2.45, 2.75) is 4.90 Å². The maximum absolute atomic E-state index is 12.4. The number of aliphatic hydroxyl groups is 1. The number of nitrogen functional groups attached to an aromatic ring is 1. The van der Waals surface area contributed by atoms with Gasteiger partial charge in [0.05, 0.1) is 18.9 Å². The number of nitrogens with zero attached hydrogens (tertiary/aromatic N) is 1. The Morgan fingerprint density at radius 2 is 2.11 bits per heavy atom. The Bertz CT molecular complexity index is 521. The van der Waals surface area contributed by atoms with Crippen molar-refractivity contribution in [2.24, 2.45) is 0 Å². The molecule has 0 aromatic heterocycles. The van der Waals surface area contributed by atoms with Gasteiger partial charge in [-0.1, -0.05) is 11.6 Å². The van der Waals surface area contributed by atoms with E-state index in [1.54, 1.807) is 0 Å². The quantitative estimate of drug-likeness (QED) is 0.718. The molecule has 108 valence electrons. The van der Waals surface area contributed by atoms with E-state index in [0.717, 1.165) is 4.31 Å². The summed E-state index contributed by atoms with van der Waals surface area (Å²) in [7, 11) is -2.34. The smallest absolute Gasteiger partial charge is 0.245 e. The van der Waals surface area contributed by atoms with Crippen molar-refractivity contribution in [3.05, 3.63) is 23.2 Å². The van der Waals surface area contributed by atoms with Crippen LogP contribution in [-0.4, -0.2) is 51.2 Å². The number of methoxy groups -OCH3 is 1. The van der Waals surface area contributed by atoms with Crippen LogP contribution in [-0.2, 0) is 14.8 Å². The van der Waals surface area contributed by atoms with Crippen molar-refractivity contribution >= 4 is 27.3 Å². The zero-order valence-electron chi connectivity index (χ0n) is 10.5. The number of benzene rings is 1. The number of hydrogen-bond donors (Lipinski definition) is 2. The lowest BCUT2D eigenvalue weighted by Gasteiger charge is -2.21. The molecule has 1 aromatic carbocycles. The molecule has 19 heavy (non-hydrogen) atoms. The molecule has 8 heteroatoms. The van der Waals surface area contributed by atoms with Crippen molar-refractivity contribution < 1.29 is 18.3 Å². The Morgan fingerprint density at radius 3 is 2.68 bits per heavy atom. The van der Waals surface area contributed by atoms with E-state index in [0.29, 0.717) is 0 Å². The van der Waals surface area contributed by atoms with Crippen LogP contribution in [0.15, 0.2) is 23.1 Å². The highest BCUT2D eigenvalue weighted by Gasteiger charge is 2.26. The van der Waals surface area contributed by atoms with E-state index in [2.05, 4.69) is 0 Å². The number of ether oxygens (including phenoxy) is 1. The third-order valence-electron chi connectivity index (χ3n) is 2.49. The fourth-order valence-electron chi connectivity index (χ4n) is 1.53. The van der Waals surface area contributed by atoms with Crippen molar-refractivity contribution in [3.63, 3.8) is 0 Å². The minimum absolute atomic E-state index is 0.0301. The molecule has 0 aliphatic rings. The van der Waals surface area contributed by atoms with E-state index in [1.165, 1.54) is 25.3 Å². The van der Waals surface area contributed by atoms with Gasteiger partial charge in [0.2, 0.25) is 10.0 Å². The van der Waals surface area contributed by atoms with Crippen LogP contribution in [0.3, 0.4) is 0 Å². The van der Waals surface area contributed by atoms with E-state index in [4.69, 9.17) is 27.2 Å². The fraction of sp³-hybridized carbons (Fsp3) is 0.455. The third kappa shape index (κ3) is 4.05. The lowest BCUT2D eigenvalue weighted by atomic mass is 10.3. The van der Waals surface area contributed by atoms with Gasteiger partial charge in [0, 0.05) is 25.2 Å². The molecule has 0 aliphatic carbocycles. The van der Waals surface area contributed by atoms with Gasteiger partial charge in [0.1, 0.15) is 4.90 Å². The van der Waals surface area contributed by atoms with Crippen molar-refractivity contribution in [3.8, 4) is 0 Å². The number of aliphatic hydroxyl groups excluding tert-OH is 1. The first-order valence-electron chi connectivity index (χ1n) is 5.58. The van der Waals surface area contributed by atoms with Gasteiger partial charge in [-0.15, -0.1) is 0 Å². The van der Waals surface area contributed by atoms with Gasteiger partial charge in [-0.25, -0.2) is 8.42 Å². The van der Waals surface area contributed by atoms with Gasteiger partial charge >= 0.3 is 0 Å². The Hall–Kier alpha value is -0.860. The number of halogens is 1. The second kappa shape index (κ2) is 7.06. The summed E-state index contributed by atoms with van der Waals surface area (Å²) >= 11 is 5.80. The van der Waals surface area contributed by atoms with Crippen LogP contribution in [0.2, 0.25) is 5.02 Å².